The Morgan fingerprint density at radius 1 is 1.00 bits per heavy atom. The predicted octanol–water partition coefficient (Wildman–Crippen LogP) is 0.888. The third-order valence-corrected chi connectivity index (χ3v) is 3.76. The van der Waals surface area contributed by atoms with Gasteiger partial charge in [-0.2, -0.15) is 0 Å². The summed E-state index contributed by atoms with van der Waals surface area (Å²) >= 11 is 0. The Bertz CT molecular complexity index is 510. The minimum Gasteiger partial charge on any atom is -0.379 e. The number of amides is 2. The molecule has 0 bridgehead atoms. The normalized spacial score (nSPS) is 15.2. The van der Waals surface area contributed by atoms with Gasteiger partial charge in [0.05, 0.1) is 13.2 Å². The summed E-state index contributed by atoms with van der Waals surface area (Å²) in [6.45, 7) is 7.44. The third kappa shape index (κ3) is 5.65. The first-order valence-corrected chi connectivity index (χ1v) is 8.17. The van der Waals surface area contributed by atoms with Gasteiger partial charge in [-0.25, -0.2) is 0 Å². The van der Waals surface area contributed by atoms with E-state index in [0.29, 0.717) is 24.2 Å². The molecule has 6 heteroatoms. The zero-order chi connectivity index (χ0) is 16.5. The molecule has 1 aliphatic rings. The first kappa shape index (κ1) is 17.4. The average molecular weight is 319 g/mol. The quantitative estimate of drug-likeness (QED) is 0.783. The number of hydrogen-bond acceptors (Lipinski definition) is 4. The lowest BCUT2D eigenvalue weighted by Crippen LogP contribution is -2.41. The fourth-order valence-corrected chi connectivity index (χ4v) is 2.37. The number of nitrogens with zero attached hydrogens (tertiary/aromatic N) is 1. The molecule has 6 nitrogen and oxygen atoms in total. The van der Waals surface area contributed by atoms with Gasteiger partial charge in [0.2, 0.25) is 0 Å². The summed E-state index contributed by atoms with van der Waals surface area (Å²) in [7, 11) is 0. The molecule has 2 rings (SSSR count). The Balaban J connectivity index is 1.76. The zero-order valence-corrected chi connectivity index (χ0v) is 13.6. The molecule has 0 unspecified atom stereocenters. The van der Waals surface area contributed by atoms with Crippen molar-refractivity contribution >= 4 is 11.8 Å². The van der Waals surface area contributed by atoms with E-state index in [4.69, 9.17) is 4.74 Å². The number of benzene rings is 1. The molecule has 0 aromatic heterocycles. The van der Waals surface area contributed by atoms with Gasteiger partial charge >= 0.3 is 0 Å². The minimum absolute atomic E-state index is 0.105. The molecule has 1 aliphatic heterocycles. The molecule has 0 spiro atoms. The van der Waals surface area contributed by atoms with Crippen molar-refractivity contribution in [1.29, 1.82) is 0 Å². The van der Waals surface area contributed by atoms with Crippen molar-refractivity contribution in [3.05, 3.63) is 35.4 Å². The monoisotopic (exact) mass is 319 g/mol. The lowest BCUT2D eigenvalue weighted by Gasteiger charge is -2.26. The van der Waals surface area contributed by atoms with Gasteiger partial charge in [0.25, 0.3) is 11.8 Å². The number of carbonyl (C=O) groups is 2. The van der Waals surface area contributed by atoms with Crippen LogP contribution in [0.1, 0.15) is 34.1 Å². The van der Waals surface area contributed by atoms with E-state index >= 15 is 0 Å². The number of morpholine rings is 1. The highest BCUT2D eigenvalue weighted by atomic mass is 16.5. The molecule has 1 saturated heterocycles. The van der Waals surface area contributed by atoms with Gasteiger partial charge in [0, 0.05) is 43.9 Å². The van der Waals surface area contributed by atoms with Crippen LogP contribution in [0, 0.1) is 0 Å². The van der Waals surface area contributed by atoms with E-state index in [1.165, 1.54) is 0 Å². The molecule has 1 fully saturated rings. The second-order valence-corrected chi connectivity index (χ2v) is 5.54. The Hall–Kier alpha value is -1.92. The molecule has 0 atom stereocenters. The molecule has 0 aliphatic carbocycles. The molecule has 2 amide bonds. The van der Waals surface area contributed by atoms with Gasteiger partial charge in [-0.15, -0.1) is 0 Å². The van der Waals surface area contributed by atoms with Crippen LogP contribution in [0.3, 0.4) is 0 Å². The van der Waals surface area contributed by atoms with Gasteiger partial charge < -0.3 is 15.4 Å². The molecule has 1 aromatic carbocycles. The summed E-state index contributed by atoms with van der Waals surface area (Å²) in [6.07, 6.45) is 0.898. The van der Waals surface area contributed by atoms with Gasteiger partial charge in [-0.1, -0.05) is 6.92 Å². The fourth-order valence-electron chi connectivity index (χ4n) is 2.37. The summed E-state index contributed by atoms with van der Waals surface area (Å²) in [5, 5.41) is 5.72. The van der Waals surface area contributed by atoms with Crippen LogP contribution in [0.2, 0.25) is 0 Å². The summed E-state index contributed by atoms with van der Waals surface area (Å²) in [6, 6.07) is 6.74. The van der Waals surface area contributed by atoms with Crippen LogP contribution < -0.4 is 10.6 Å². The Labute approximate surface area is 137 Å². The molecular formula is C17H25N3O3. The first-order chi connectivity index (χ1) is 11.2. The fraction of sp³-hybridized carbons (Fsp3) is 0.529. The van der Waals surface area contributed by atoms with E-state index in [1.807, 2.05) is 6.92 Å². The first-order valence-electron chi connectivity index (χ1n) is 8.17. The third-order valence-electron chi connectivity index (χ3n) is 3.76. The van der Waals surface area contributed by atoms with E-state index < -0.39 is 0 Å². The SMILES string of the molecule is CCCNC(=O)c1ccc(C(=O)NCCN2CCOCC2)cc1. The molecule has 1 aromatic rings. The number of rotatable bonds is 7. The van der Waals surface area contributed by atoms with Gasteiger partial charge in [-0.05, 0) is 30.7 Å². The molecule has 0 saturated carbocycles. The highest BCUT2D eigenvalue weighted by molar-refractivity contribution is 5.97. The Kier molecular flexibility index (Phi) is 7.03. The largest absolute Gasteiger partial charge is 0.379 e. The standard InChI is InChI=1S/C17H25N3O3/c1-2-7-18-16(21)14-3-5-15(6-4-14)17(22)19-8-9-20-10-12-23-13-11-20/h3-6H,2,7-13H2,1H3,(H,18,21)(H,19,22). The maximum absolute atomic E-state index is 12.1. The topological polar surface area (TPSA) is 70.7 Å². The van der Waals surface area contributed by atoms with Crippen molar-refractivity contribution in [3.8, 4) is 0 Å². The maximum Gasteiger partial charge on any atom is 0.251 e. The van der Waals surface area contributed by atoms with Crippen LogP contribution in [0.4, 0.5) is 0 Å². The van der Waals surface area contributed by atoms with Crippen LogP contribution in [0.25, 0.3) is 0 Å². The van der Waals surface area contributed by atoms with E-state index in [0.717, 1.165) is 39.3 Å². The molecule has 0 radical (unpaired) electrons. The van der Waals surface area contributed by atoms with Gasteiger partial charge in [0.15, 0.2) is 0 Å². The molecule has 2 N–H and O–H groups in total. The van der Waals surface area contributed by atoms with Crippen molar-refractivity contribution in [2.75, 3.05) is 45.9 Å². The second-order valence-electron chi connectivity index (χ2n) is 5.54. The van der Waals surface area contributed by atoms with Crippen LogP contribution in [0.5, 0.6) is 0 Å². The predicted molar refractivity (Wildman–Crippen MR) is 88.7 cm³/mol. The Morgan fingerprint density at radius 2 is 1.52 bits per heavy atom. The molecule has 1 heterocycles. The highest BCUT2D eigenvalue weighted by Gasteiger charge is 2.11. The smallest absolute Gasteiger partial charge is 0.251 e. The molecular weight excluding hydrogens is 294 g/mol. The van der Waals surface area contributed by atoms with E-state index in [1.54, 1.807) is 24.3 Å². The van der Waals surface area contributed by atoms with Crippen LogP contribution in [-0.4, -0.2) is 62.7 Å². The Morgan fingerprint density at radius 3 is 2.04 bits per heavy atom. The van der Waals surface area contributed by atoms with Crippen molar-refractivity contribution in [2.45, 2.75) is 13.3 Å². The number of hydrogen-bond donors (Lipinski definition) is 2. The summed E-state index contributed by atoms with van der Waals surface area (Å²) in [5.74, 6) is -0.218. The number of ether oxygens (including phenoxy) is 1. The number of nitrogens with one attached hydrogen (secondary N) is 2. The van der Waals surface area contributed by atoms with Gasteiger partial charge in [-0.3, -0.25) is 14.5 Å². The van der Waals surface area contributed by atoms with Crippen LogP contribution in [-0.2, 0) is 4.74 Å². The summed E-state index contributed by atoms with van der Waals surface area (Å²) < 4.78 is 5.29. The van der Waals surface area contributed by atoms with Gasteiger partial charge in [0.1, 0.15) is 0 Å². The zero-order valence-electron chi connectivity index (χ0n) is 13.6. The van der Waals surface area contributed by atoms with Crippen molar-refractivity contribution in [3.63, 3.8) is 0 Å². The minimum atomic E-state index is -0.112. The van der Waals surface area contributed by atoms with Crippen molar-refractivity contribution in [1.82, 2.24) is 15.5 Å². The highest BCUT2D eigenvalue weighted by Crippen LogP contribution is 2.05. The number of carbonyl (C=O) groups excluding carboxylic acids is 2. The average Bonchev–Trinajstić information content (AvgIpc) is 2.60. The molecule has 23 heavy (non-hydrogen) atoms. The lowest BCUT2D eigenvalue weighted by molar-refractivity contribution is 0.0383. The summed E-state index contributed by atoms with van der Waals surface area (Å²) in [5.41, 5.74) is 1.14. The molecule has 126 valence electrons. The van der Waals surface area contributed by atoms with Crippen molar-refractivity contribution < 1.29 is 14.3 Å². The van der Waals surface area contributed by atoms with Crippen molar-refractivity contribution in [2.24, 2.45) is 0 Å². The second kappa shape index (κ2) is 9.27. The van der Waals surface area contributed by atoms with E-state index in [9.17, 15) is 9.59 Å². The van der Waals surface area contributed by atoms with E-state index in [-0.39, 0.29) is 11.8 Å². The lowest BCUT2D eigenvalue weighted by atomic mass is 10.1. The maximum atomic E-state index is 12.1. The van der Waals surface area contributed by atoms with Crippen LogP contribution >= 0.6 is 0 Å². The van der Waals surface area contributed by atoms with E-state index in [2.05, 4.69) is 15.5 Å². The van der Waals surface area contributed by atoms with Crippen LogP contribution in [0.15, 0.2) is 24.3 Å². The summed E-state index contributed by atoms with van der Waals surface area (Å²) in [4.78, 5) is 26.2.